The molecule has 0 aliphatic carbocycles. The van der Waals surface area contributed by atoms with Crippen molar-refractivity contribution in [2.75, 3.05) is 0 Å². The smallest absolute Gasteiger partial charge is 0.119 e. The molecule has 0 amide bonds. The average Bonchev–Trinajstić information content (AvgIpc) is 2.47. The topological polar surface area (TPSA) is 47.3 Å². The second-order valence-corrected chi connectivity index (χ2v) is 5.66. The summed E-state index contributed by atoms with van der Waals surface area (Å²) >= 11 is 6.21. The van der Waals surface area contributed by atoms with Crippen LogP contribution in [0, 0.1) is 0 Å². The van der Waals surface area contributed by atoms with Crippen LogP contribution in [0.5, 0.6) is 5.75 Å². The molecule has 2 aromatic carbocycles. The first-order valence-electron chi connectivity index (χ1n) is 7.06. The Hall–Kier alpha value is -1.55. The van der Waals surface area contributed by atoms with Gasteiger partial charge in [-0.25, -0.2) is 0 Å². The van der Waals surface area contributed by atoms with Gasteiger partial charge in [-0.05, 0) is 49.6 Å². The molecule has 0 radical (unpaired) electrons. The van der Waals surface area contributed by atoms with Crippen molar-refractivity contribution in [3.63, 3.8) is 0 Å². The number of hydrogen-bond acceptors (Lipinski definition) is 3. The van der Waals surface area contributed by atoms with E-state index in [-0.39, 0.29) is 12.1 Å². The van der Waals surface area contributed by atoms with Crippen molar-refractivity contribution in [1.82, 2.24) is 5.43 Å². The van der Waals surface area contributed by atoms with Crippen molar-refractivity contribution in [2.24, 2.45) is 5.84 Å². The summed E-state index contributed by atoms with van der Waals surface area (Å²) in [5, 5.41) is 0.762. The zero-order valence-corrected chi connectivity index (χ0v) is 13.1. The van der Waals surface area contributed by atoms with Gasteiger partial charge < -0.3 is 4.74 Å². The van der Waals surface area contributed by atoms with Gasteiger partial charge in [0.2, 0.25) is 0 Å². The van der Waals surface area contributed by atoms with Gasteiger partial charge in [0.15, 0.2) is 0 Å². The summed E-state index contributed by atoms with van der Waals surface area (Å²) in [6, 6.07) is 15.8. The minimum atomic E-state index is 0.0120. The van der Waals surface area contributed by atoms with Gasteiger partial charge in [0.05, 0.1) is 12.1 Å². The summed E-state index contributed by atoms with van der Waals surface area (Å²) in [6.07, 6.45) is 0.906. The Balaban J connectivity index is 2.12. The molecule has 1 unspecified atom stereocenters. The molecule has 0 fully saturated rings. The molecule has 0 bridgehead atoms. The zero-order chi connectivity index (χ0) is 15.2. The molecule has 0 heterocycles. The SMILES string of the molecule is CC(C)Oc1ccc(C(Cc2ccccc2Cl)NN)cc1. The first-order chi connectivity index (χ1) is 10.1. The molecule has 1 atom stereocenters. The van der Waals surface area contributed by atoms with Crippen LogP contribution in [0.4, 0.5) is 0 Å². The van der Waals surface area contributed by atoms with Gasteiger partial charge in [-0.15, -0.1) is 0 Å². The first kappa shape index (κ1) is 15.8. The second kappa shape index (κ2) is 7.46. The Morgan fingerprint density at radius 1 is 1.10 bits per heavy atom. The van der Waals surface area contributed by atoms with Crippen LogP contribution in [0.1, 0.15) is 31.0 Å². The molecule has 0 spiro atoms. The number of ether oxygens (including phenoxy) is 1. The van der Waals surface area contributed by atoms with Crippen molar-refractivity contribution in [3.05, 3.63) is 64.7 Å². The van der Waals surface area contributed by atoms with Gasteiger partial charge in [-0.2, -0.15) is 0 Å². The standard InChI is InChI=1S/C17H21ClN2O/c1-12(2)21-15-9-7-13(8-10-15)17(20-19)11-14-5-3-4-6-16(14)18/h3-10,12,17,20H,11,19H2,1-2H3. The van der Waals surface area contributed by atoms with E-state index >= 15 is 0 Å². The van der Waals surface area contributed by atoms with Crippen molar-refractivity contribution < 1.29 is 4.74 Å². The Morgan fingerprint density at radius 2 is 1.76 bits per heavy atom. The zero-order valence-electron chi connectivity index (χ0n) is 12.3. The lowest BCUT2D eigenvalue weighted by molar-refractivity contribution is 0.242. The van der Waals surface area contributed by atoms with Crippen molar-refractivity contribution >= 4 is 11.6 Å². The number of nitrogens with two attached hydrogens (primary N) is 1. The largest absolute Gasteiger partial charge is 0.491 e. The van der Waals surface area contributed by atoms with Crippen LogP contribution in [0.2, 0.25) is 5.02 Å². The third kappa shape index (κ3) is 4.46. The molecule has 3 nitrogen and oxygen atoms in total. The molecule has 0 saturated heterocycles. The third-order valence-electron chi connectivity index (χ3n) is 3.24. The molecular weight excluding hydrogens is 284 g/mol. The molecule has 2 rings (SSSR count). The summed E-state index contributed by atoms with van der Waals surface area (Å²) < 4.78 is 5.65. The normalized spacial score (nSPS) is 12.4. The summed E-state index contributed by atoms with van der Waals surface area (Å²) in [4.78, 5) is 0. The van der Waals surface area contributed by atoms with Gasteiger partial charge in [0, 0.05) is 5.02 Å². The van der Waals surface area contributed by atoms with Gasteiger partial charge in [0.25, 0.3) is 0 Å². The molecule has 112 valence electrons. The number of halogens is 1. The van der Waals surface area contributed by atoms with Gasteiger partial charge in [0.1, 0.15) is 5.75 Å². The van der Waals surface area contributed by atoms with Gasteiger partial charge in [-0.3, -0.25) is 11.3 Å². The van der Waals surface area contributed by atoms with Crippen LogP contribution in [-0.4, -0.2) is 6.10 Å². The highest BCUT2D eigenvalue weighted by Gasteiger charge is 2.12. The van der Waals surface area contributed by atoms with E-state index < -0.39 is 0 Å². The first-order valence-corrected chi connectivity index (χ1v) is 7.44. The minimum absolute atomic E-state index is 0.0120. The fourth-order valence-corrected chi connectivity index (χ4v) is 2.42. The Bertz CT molecular complexity index is 569. The van der Waals surface area contributed by atoms with Crippen LogP contribution in [-0.2, 0) is 6.42 Å². The predicted molar refractivity (Wildman–Crippen MR) is 87.4 cm³/mol. The third-order valence-corrected chi connectivity index (χ3v) is 3.61. The van der Waals surface area contributed by atoms with E-state index in [1.54, 1.807) is 0 Å². The molecule has 2 aromatic rings. The Kier molecular flexibility index (Phi) is 5.62. The van der Waals surface area contributed by atoms with Gasteiger partial charge >= 0.3 is 0 Å². The highest BCUT2D eigenvalue weighted by atomic mass is 35.5. The molecule has 0 aliphatic rings. The van der Waals surface area contributed by atoms with E-state index in [2.05, 4.69) is 5.43 Å². The number of benzene rings is 2. The maximum atomic E-state index is 6.21. The Labute approximate surface area is 131 Å². The average molecular weight is 305 g/mol. The number of hydrogen-bond donors (Lipinski definition) is 2. The van der Waals surface area contributed by atoms with E-state index in [4.69, 9.17) is 22.2 Å². The summed E-state index contributed by atoms with van der Waals surface area (Å²) in [5.41, 5.74) is 5.03. The van der Waals surface area contributed by atoms with Crippen LogP contribution in [0.3, 0.4) is 0 Å². The lowest BCUT2D eigenvalue weighted by atomic mass is 9.99. The highest BCUT2D eigenvalue weighted by molar-refractivity contribution is 6.31. The summed E-state index contributed by atoms with van der Waals surface area (Å²) in [6.45, 7) is 4.02. The van der Waals surface area contributed by atoms with E-state index in [1.165, 1.54) is 0 Å². The second-order valence-electron chi connectivity index (χ2n) is 5.25. The molecule has 21 heavy (non-hydrogen) atoms. The van der Waals surface area contributed by atoms with Crippen LogP contribution in [0.15, 0.2) is 48.5 Å². The van der Waals surface area contributed by atoms with E-state index in [1.807, 2.05) is 62.4 Å². The monoisotopic (exact) mass is 304 g/mol. The maximum Gasteiger partial charge on any atom is 0.119 e. The molecule has 0 aromatic heterocycles. The van der Waals surface area contributed by atoms with Crippen LogP contribution >= 0.6 is 11.6 Å². The van der Waals surface area contributed by atoms with E-state index in [9.17, 15) is 0 Å². The number of nitrogens with one attached hydrogen (secondary N) is 1. The minimum Gasteiger partial charge on any atom is -0.491 e. The number of hydrazine groups is 1. The van der Waals surface area contributed by atoms with Gasteiger partial charge in [-0.1, -0.05) is 41.9 Å². The van der Waals surface area contributed by atoms with E-state index in [0.717, 1.165) is 28.3 Å². The van der Waals surface area contributed by atoms with Crippen LogP contribution < -0.4 is 16.0 Å². The molecule has 3 N–H and O–H groups in total. The van der Waals surface area contributed by atoms with Crippen molar-refractivity contribution in [2.45, 2.75) is 32.4 Å². The summed E-state index contributed by atoms with van der Waals surface area (Å²) in [7, 11) is 0. The molecular formula is C17H21ClN2O. The quantitative estimate of drug-likeness (QED) is 0.629. The predicted octanol–water partition coefficient (Wildman–Crippen LogP) is 3.87. The molecule has 4 heteroatoms. The Morgan fingerprint density at radius 3 is 2.33 bits per heavy atom. The fourth-order valence-electron chi connectivity index (χ4n) is 2.21. The van der Waals surface area contributed by atoms with Crippen LogP contribution in [0.25, 0.3) is 0 Å². The lowest BCUT2D eigenvalue weighted by Crippen LogP contribution is -2.29. The molecule has 0 aliphatic heterocycles. The highest BCUT2D eigenvalue weighted by Crippen LogP contribution is 2.24. The maximum absolute atomic E-state index is 6.21. The van der Waals surface area contributed by atoms with Crippen molar-refractivity contribution in [1.29, 1.82) is 0 Å². The van der Waals surface area contributed by atoms with Crippen molar-refractivity contribution in [3.8, 4) is 5.75 Å². The number of rotatable bonds is 6. The lowest BCUT2D eigenvalue weighted by Gasteiger charge is -2.18. The summed E-state index contributed by atoms with van der Waals surface area (Å²) in [5.74, 6) is 6.56. The van der Waals surface area contributed by atoms with E-state index in [0.29, 0.717) is 0 Å². The fraction of sp³-hybridized carbons (Fsp3) is 0.294. The molecule has 0 saturated carbocycles.